The molecule has 0 amide bonds. The molecule has 0 saturated heterocycles. The van der Waals surface area contributed by atoms with Gasteiger partial charge in [0.15, 0.2) is 0 Å². The average molecular weight is 253 g/mol. The average Bonchev–Trinajstić information content (AvgIpc) is 2.29. The van der Waals surface area contributed by atoms with E-state index in [0.29, 0.717) is 5.56 Å². The summed E-state index contributed by atoms with van der Waals surface area (Å²) in [4.78, 5) is 10.1. The highest BCUT2D eigenvalue weighted by molar-refractivity contribution is 6.20. The van der Waals surface area contributed by atoms with Crippen LogP contribution in [0.1, 0.15) is 37.3 Å². The number of alkyl halides is 1. The maximum atomic E-state index is 10.6. The van der Waals surface area contributed by atoms with Gasteiger partial charge in [-0.15, -0.1) is 11.6 Å². The van der Waals surface area contributed by atoms with E-state index in [1.165, 1.54) is 12.1 Å². The molecule has 1 rings (SSSR count). The van der Waals surface area contributed by atoms with E-state index in [2.05, 4.69) is 0 Å². The minimum absolute atomic E-state index is 0.0344. The third kappa shape index (κ3) is 2.95. The van der Waals surface area contributed by atoms with Gasteiger partial charge in [0.25, 0.3) is 5.69 Å². The van der Waals surface area contributed by atoms with Crippen LogP contribution in [-0.2, 0) is 0 Å². The van der Waals surface area contributed by atoms with Crippen molar-refractivity contribution in [2.75, 3.05) is 0 Å². The van der Waals surface area contributed by atoms with Crippen LogP contribution in [0.15, 0.2) is 18.2 Å². The molecule has 0 heterocycles. The molecular formula is C12H13ClN2O2. The summed E-state index contributed by atoms with van der Waals surface area (Å²) in [5.74, 6) is 0.0344. The molecule has 0 aliphatic heterocycles. The first-order chi connectivity index (χ1) is 8.01. The summed E-state index contributed by atoms with van der Waals surface area (Å²) < 4.78 is 0. The quantitative estimate of drug-likeness (QED) is 0.467. The van der Waals surface area contributed by atoms with Crippen LogP contribution in [0.2, 0.25) is 0 Å². The zero-order chi connectivity index (χ0) is 13.0. The molecule has 2 unspecified atom stereocenters. The summed E-state index contributed by atoms with van der Waals surface area (Å²) in [7, 11) is 0. The van der Waals surface area contributed by atoms with E-state index in [1.54, 1.807) is 6.07 Å². The molecule has 0 aliphatic carbocycles. The maximum Gasteiger partial charge on any atom is 0.270 e. The van der Waals surface area contributed by atoms with Crippen molar-refractivity contribution in [3.05, 3.63) is 39.4 Å². The van der Waals surface area contributed by atoms with Gasteiger partial charge in [-0.05, 0) is 18.9 Å². The van der Waals surface area contributed by atoms with Gasteiger partial charge in [0.05, 0.1) is 16.6 Å². The Morgan fingerprint density at radius 1 is 1.59 bits per heavy atom. The normalized spacial score (nSPS) is 13.8. The molecule has 4 nitrogen and oxygen atoms in total. The van der Waals surface area contributed by atoms with Gasteiger partial charge in [-0.3, -0.25) is 10.1 Å². The monoisotopic (exact) mass is 252 g/mol. The van der Waals surface area contributed by atoms with Gasteiger partial charge < -0.3 is 0 Å². The smallest absolute Gasteiger partial charge is 0.258 e. The summed E-state index contributed by atoms with van der Waals surface area (Å²) in [6, 6.07) is 6.34. The van der Waals surface area contributed by atoms with E-state index in [4.69, 9.17) is 16.9 Å². The molecule has 0 radical (unpaired) electrons. The molecule has 1 aromatic rings. The van der Waals surface area contributed by atoms with Crippen LogP contribution in [-0.4, -0.2) is 10.3 Å². The molecule has 2 atom stereocenters. The summed E-state index contributed by atoms with van der Waals surface area (Å²) in [6.45, 7) is 3.84. The Hall–Kier alpha value is -1.60. The number of hydrogen-bond acceptors (Lipinski definition) is 3. The van der Waals surface area contributed by atoms with Gasteiger partial charge in [-0.25, -0.2) is 0 Å². The van der Waals surface area contributed by atoms with Gasteiger partial charge in [0.1, 0.15) is 0 Å². The Morgan fingerprint density at radius 2 is 2.24 bits per heavy atom. The van der Waals surface area contributed by atoms with Crippen LogP contribution in [0.4, 0.5) is 5.69 Å². The van der Waals surface area contributed by atoms with E-state index >= 15 is 0 Å². The topological polar surface area (TPSA) is 66.9 Å². The number of halogens is 1. The zero-order valence-corrected chi connectivity index (χ0v) is 10.4. The van der Waals surface area contributed by atoms with Gasteiger partial charge in [-0.2, -0.15) is 5.26 Å². The molecule has 90 valence electrons. The summed E-state index contributed by atoms with van der Waals surface area (Å²) in [5, 5.41) is 19.5. The fraction of sp³-hybridized carbons (Fsp3) is 0.417. The number of non-ortho nitro benzene ring substituents is 1. The standard InChI is InChI=1S/C12H13ClN2O2/c1-3-11(8(2)13)12-5-4-10(15(16)17)6-9(12)7-14/h4-6,8,11H,3H2,1-2H3. The number of benzene rings is 1. The lowest BCUT2D eigenvalue weighted by molar-refractivity contribution is -0.384. The van der Waals surface area contributed by atoms with E-state index in [9.17, 15) is 10.1 Å². The molecule has 0 N–H and O–H groups in total. The zero-order valence-electron chi connectivity index (χ0n) is 9.68. The van der Waals surface area contributed by atoms with Gasteiger partial charge in [-0.1, -0.05) is 13.0 Å². The molecule has 0 aromatic heterocycles. The van der Waals surface area contributed by atoms with Gasteiger partial charge in [0, 0.05) is 23.4 Å². The van der Waals surface area contributed by atoms with Crippen molar-refractivity contribution in [1.82, 2.24) is 0 Å². The number of nitrogens with zero attached hydrogens (tertiary/aromatic N) is 2. The van der Waals surface area contributed by atoms with Crippen molar-refractivity contribution >= 4 is 17.3 Å². The second kappa shape index (κ2) is 5.65. The first kappa shape index (κ1) is 13.5. The Labute approximate surface area is 105 Å². The predicted octanol–water partition coefficient (Wildman–Crippen LogP) is 3.59. The van der Waals surface area contributed by atoms with Crippen molar-refractivity contribution in [2.45, 2.75) is 31.6 Å². The first-order valence-electron chi connectivity index (χ1n) is 5.33. The molecular weight excluding hydrogens is 240 g/mol. The molecule has 5 heteroatoms. The molecule has 17 heavy (non-hydrogen) atoms. The molecule has 1 aromatic carbocycles. The molecule has 0 bridgehead atoms. The van der Waals surface area contributed by atoms with Crippen molar-refractivity contribution in [3.63, 3.8) is 0 Å². The Kier molecular flexibility index (Phi) is 4.47. The van der Waals surface area contributed by atoms with Crippen molar-refractivity contribution in [3.8, 4) is 6.07 Å². The summed E-state index contributed by atoms with van der Waals surface area (Å²) in [5.41, 5.74) is 1.05. The number of nitro benzene ring substituents is 1. The van der Waals surface area contributed by atoms with E-state index in [0.717, 1.165) is 12.0 Å². The summed E-state index contributed by atoms with van der Waals surface area (Å²) >= 11 is 6.07. The summed E-state index contributed by atoms with van der Waals surface area (Å²) in [6.07, 6.45) is 0.789. The largest absolute Gasteiger partial charge is 0.270 e. The fourth-order valence-electron chi connectivity index (χ4n) is 1.87. The lowest BCUT2D eigenvalue weighted by atomic mass is 9.90. The maximum absolute atomic E-state index is 10.6. The van der Waals surface area contributed by atoms with Crippen LogP contribution in [0.5, 0.6) is 0 Å². The van der Waals surface area contributed by atoms with E-state index < -0.39 is 4.92 Å². The van der Waals surface area contributed by atoms with Crippen LogP contribution in [0, 0.1) is 21.4 Å². The number of hydrogen-bond donors (Lipinski definition) is 0. The minimum Gasteiger partial charge on any atom is -0.258 e. The Balaban J connectivity index is 3.26. The SMILES string of the molecule is CCC(c1ccc([N+](=O)[O-])cc1C#N)C(C)Cl. The Bertz CT molecular complexity index is 466. The molecule has 0 saturated carbocycles. The van der Waals surface area contributed by atoms with Crippen molar-refractivity contribution in [2.24, 2.45) is 0 Å². The lowest BCUT2D eigenvalue weighted by Crippen LogP contribution is -2.10. The highest BCUT2D eigenvalue weighted by Crippen LogP contribution is 2.31. The second-order valence-electron chi connectivity index (χ2n) is 3.83. The number of rotatable bonds is 4. The molecule has 0 spiro atoms. The van der Waals surface area contributed by atoms with Crippen LogP contribution < -0.4 is 0 Å². The van der Waals surface area contributed by atoms with Gasteiger partial charge in [0.2, 0.25) is 0 Å². The highest BCUT2D eigenvalue weighted by Gasteiger charge is 2.20. The molecule has 0 fully saturated rings. The number of nitriles is 1. The van der Waals surface area contributed by atoms with Crippen molar-refractivity contribution in [1.29, 1.82) is 5.26 Å². The number of nitro groups is 1. The van der Waals surface area contributed by atoms with Crippen molar-refractivity contribution < 1.29 is 4.92 Å². The third-order valence-corrected chi connectivity index (χ3v) is 3.07. The second-order valence-corrected chi connectivity index (χ2v) is 4.52. The van der Waals surface area contributed by atoms with E-state index in [1.807, 2.05) is 19.9 Å². The fourth-order valence-corrected chi connectivity index (χ4v) is 2.18. The van der Waals surface area contributed by atoms with Gasteiger partial charge >= 0.3 is 0 Å². The van der Waals surface area contributed by atoms with E-state index in [-0.39, 0.29) is 17.0 Å². The van der Waals surface area contributed by atoms with Crippen LogP contribution in [0.25, 0.3) is 0 Å². The molecule has 0 aliphatic rings. The predicted molar refractivity (Wildman–Crippen MR) is 66.2 cm³/mol. The lowest BCUT2D eigenvalue weighted by Gasteiger charge is -2.18. The van der Waals surface area contributed by atoms with Crippen LogP contribution in [0.3, 0.4) is 0 Å². The Morgan fingerprint density at radius 3 is 2.65 bits per heavy atom. The highest BCUT2D eigenvalue weighted by atomic mass is 35.5. The van der Waals surface area contributed by atoms with Crippen LogP contribution >= 0.6 is 11.6 Å². The minimum atomic E-state index is -0.504. The first-order valence-corrected chi connectivity index (χ1v) is 5.77. The third-order valence-electron chi connectivity index (χ3n) is 2.76.